The first kappa shape index (κ1) is 16.4. The number of pyridine rings is 1. The molecule has 0 aliphatic rings. The number of nitrogens with one attached hydrogen (secondary N) is 1. The molecule has 0 aliphatic heterocycles. The Bertz CT molecular complexity index is 1140. The Morgan fingerprint density at radius 1 is 0.962 bits per heavy atom. The van der Waals surface area contributed by atoms with Crippen LogP contribution in [0.3, 0.4) is 0 Å². The lowest BCUT2D eigenvalue weighted by Gasteiger charge is -2.12. The molecule has 0 aliphatic carbocycles. The van der Waals surface area contributed by atoms with Crippen LogP contribution < -0.4 is 5.32 Å². The zero-order valence-corrected chi connectivity index (χ0v) is 14.7. The number of carbonyl (C=O) groups is 1. The van der Waals surface area contributed by atoms with Crippen molar-refractivity contribution in [1.82, 2.24) is 4.98 Å². The van der Waals surface area contributed by atoms with E-state index in [1.54, 1.807) is 12.1 Å². The second-order valence-corrected chi connectivity index (χ2v) is 6.30. The van der Waals surface area contributed by atoms with Crippen molar-refractivity contribution in [2.24, 2.45) is 0 Å². The summed E-state index contributed by atoms with van der Waals surface area (Å²) in [6.45, 7) is 0. The van der Waals surface area contributed by atoms with Crippen molar-refractivity contribution >= 4 is 50.8 Å². The molecule has 0 atom stereocenters. The molecular weight excluding hydrogens is 348 g/mol. The maximum absolute atomic E-state index is 11.9. The summed E-state index contributed by atoms with van der Waals surface area (Å²) in [6, 6.07) is 20.9. The minimum absolute atomic E-state index is 0.383. The Morgan fingerprint density at radius 2 is 1.77 bits per heavy atom. The average Bonchev–Trinajstić information content (AvgIpc) is 2.67. The molecule has 3 aromatic carbocycles. The molecule has 0 saturated heterocycles. The highest BCUT2D eigenvalue weighted by Crippen LogP contribution is 2.32. The standard InChI is InChI=1S/C21H15ClN2O2/c1-26-21(25)13-9-10-17-16-7-2-3-8-18(16)20(24-19(17)11-13)23-15-6-4-5-14(22)12-15/h2-12H,1H3,(H,23,24). The van der Waals surface area contributed by atoms with E-state index in [1.165, 1.54) is 7.11 Å². The first-order chi connectivity index (χ1) is 12.7. The van der Waals surface area contributed by atoms with Crippen LogP contribution in [0, 0.1) is 0 Å². The third-order valence-electron chi connectivity index (χ3n) is 4.21. The highest BCUT2D eigenvalue weighted by atomic mass is 35.5. The molecule has 26 heavy (non-hydrogen) atoms. The number of esters is 1. The normalized spacial score (nSPS) is 10.8. The zero-order chi connectivity index (χ0) is 18.1. The Labute approximate surface area is 155 Å². The van der Waals surface area contributed by atoms with Gasteiger partial charge in [-0.2, -0.15) is 0 Å². The van der Waals surface area contributed by atoms with Crippen LogP contribution in [-0.4, -0.2) is 18.1 Å². The van der Waals surface area contributed by atoms with Gasteiger partial charge in [-0.25, -0.2) is 9.78 Å². The number of aromatic nitrogens is 1. The first-order valence-corrected chi connectivity index (χ1v) is 8.47. The molecule has 0 saturated carbocycles. The van der Waals surface area contributed by atoms with Gasteiger partial charge in [0.1, 0.15) is 5.82 Å². The summed E-state index contributed by atoms with van der Waals surface area (Å²) in [5, 5.41) is 7.00. The number of ether oxygens (including phenoxy) is 1. The van der Waals surface area contributed by atoms with Gasteiger partial charge in [-0.05, 0) is 35.7 Å². The van der Waals surface area contributed by atoms with E-state index in [0.29, 0.717) is 16.4 Å². The molecule has 4 nitrogen and oxygen atoms in total. The number of nitrogens with zero attached hydrogens (tertiary/aromatic N) is 1. The van der Waals surface area contributed by atoms with E-state index < -0.39 is 0 Å². The molecule has 1 N–H and O–H groups in total. The molecule has 0 spiro atoms. The van der Waals surface area contributed by atoms with Crippen LogP contribution in [0.4, 0.5) is 11.5 Å². The SMILES string of the molecule is COC(=O)c1ccc2c(c1)nc(Nc1cccc(Cl)c1)c1ccccc12. The van der Waals surface area contributed by atoms with Crippen LogP contribution >= 0.6 is 11.6 Å². The van der Waals surface area contributed by atoms with Crippen molar-refractivity contribution in [2.75, 3.05) is 12.4 Å². The molecule has 0 fully saturated rings. The van der Waals surface area contributed by atoms with Crippen molar-refractivity contribution < 1.29 is 9.53 Å². The zero-order valence-electron chi connectivity index (χ0n) is 14.0. The number of rotatable bonds is 3. The van der Waals surface area contributed by atoms with Crippen LogP contribution in [0.2, 0.25) is 5.02 Å². The third-order valence-corrected chi connectivity index (χ3v) is 4.45. The Hall–Kier alpha value is -3.11. The van der Waals surface area contributed by atoms with Crippen LogP contribution in [0.15, 0.2) is 66.7 Å². The number of benzene rings is 3. The van der Waals surface area contributed by atoms with Gasteiger partial charge in [0.05, 0.1) is 18.2 Å². The van der Waals surface area contributed by atoms with E-state index in [-0.39, 0.29) is 5.97 Å². The van der Waals surface area contributed by atoms with Crippen LogP contribution in [0.25, 0.3) is 21.7 Å². The van der Waals surface area contributed by atoms with Crippen LogP contribution in [-0.2, 0) is 4.74 Å². The summed E-state index contributed by atoms with van der Waals surface area (Å²) in [5.74, 6) is 0.323. The van der Waals surface area contributed by atoms with Gasteiger partial charge in [-0.3, -0.25) is 0 Å². The monoisotopic (exact) mass is 362 g/mol. The summed E-state index contributed by atoms with van der Waals surface area (Å²) in [5.41, 5.74) is 2.03. The van der Waals surface area contributed by atoms with Gasteiger partial charge in [0.2, 0.25) is 0 Å². The average molecular weight is 363 g/mol. The van der Waals surface area contributed by atoms with Crippen LogP contribution in [0.5, 0.6) is 0 Å². The lowest BCUT2D eigenvalue weighted by molar-refractivity contribution is 0.0601. The van der Waals surface area contributed by atoms with E-state index in [9.17, 15) is 4.79 Å². The van der Waals surface area contributed by atoms with Crippen molar-refractivity contribution in [3.8, 4) is 0 Å². The minimum atomic E-state index is -0.383. The summed E-state index contributed by atoms with van der Waals surface area (Å²) in [6.07, 6.45) is 0. The molecule has 128 valence electrons. The first-order valence-electron chi connectivity index (χ1n) is 8.09. The number of hydrogen-bond donors (Lipinski definition) is 1. The number of methoxy groups -OCH3 is 1. The molecule has 4 aromatic rings. The molecular formula is C21H15ClN2O2. The van der Waals surface area contributed by atoms with Crippen molar-refractivity contribution in [1.29, 1.82) is 0 Å². The minimum Gasteiger partial charge on any atom is -0.465 e. The maximum Gasteiger partial charge on any atom is 0.337 e. The fraction of sp³-hybridized carbons (Fsp3) is 0.0476. The molecule has 0 radical (unpaired) electrons. The number of carbonyl (C=O) groups excluding carboxylic acids is 1. The number of fused-ring (bicyclic) bond motifs is 3. The van der Waals surface area contributed by atoms with Crippen molar-refractivity contribution in [2.45, 2.75) is 0 Å². The fourth-order valence-electron chi connectivity index (χ4n) is 3.00. The summed E-state index contributed by atoms with van der Waals surface area (Å²) < 4.78 is 4.81. The summed E-state index contributed by atoms with van der Waals surface area (Å²) >= 11 is 6.08. The number of hydrogen-bond acceptors (Lipinski definition) is 4. The number of halogens is 1. The van der Waals surface area contributed by atoms with Crippen LogP contribution in [0.1, 0.15) is 10.4 Å². The highest BCUT2D eigenvalue weighted by Gasteiger charge is 2.12. The van der Waals surface area contributed by atoms with E-state index in [4.69, 9.17) is 21.3 Å². The molecule has 1 heterocycles. The van der Waals surface area contributed by atoms with Gasteiger partial charge in [-0.15, -0.1) is 0 Å². The third kappa shape index (κ3) is 2.95. The Morgan fingerprint density at radius 3 is 2.54 bits per heavy atom. The molecule has 0 unspecified atom stereocenters. The van der Waals surface area contributed by atoms with E-state index in [2.05, 4.69) is 5.32 Å². The lowest BCUT2D eigenvalue weighted by Crippen LogP contribution is -2.02. The van der Waals surface area contributed by atoms with Gasteiger partial charge in [0, 0.05) is 21.5 Å². The lowest BCUT2D eigenvalue weighted by atomic mass is 10.0. The molecule has 0 bridgehead atoms. The highest BCUT2D eigenvalue weighted by molar-refractivity contribution is 6.30. The topological polar surface area (TPSA) is 51.2 Å². The van der Waals surface area contributed by atoms with Gasteiger partial charge in [0.15, 0.2) is 0 Å². The molecule has 1 aromatic heterocycles. The van der Waals surface area contributed by atoms with Crippen molar-refractivity contribution in [3.63, 3.8) is 0 Å². The molecule has 4 rings (SSSR count). The molecule has 0 amide bonds. The largest absolute Gasteiger partial charge is 0.465 e. The second kappa shape index (κ2) is 6.65. The number of anilines is 2. The second-order valence-electron chi connectivity index (χ2n) is 5.86. The predicted octanol–water partition coefficient (Wildman–Crippen LogP) is 5.57. The van der Waals surface area contributed by atoms with Gasteiger partial charge >= 0.3 is 5.97 Å². The maximum atomic E-state index is 11.9. The van der Waals surface area contributed by atoms with Gasteiger partial charge in [0.25, 0.3) is 0 Å². The van der Waals surface area contributed by atoms with Gasteiger partial charge in [-0.1, -0.05) is 48.0 Å². The Balaban J connectivity index is 1.93. The van der Waals surface area contributed by atoms with Gasteiger partial charge < -0.3 is 10.1 Å². The predicted molar refractivity (Wildman–Crippen MR) is 105 cm³/mol. The summed E-state index contributed by atoms with van der Waals surface area (Å²) in [4.78, 5) is 16.6. The quantitative estimate of drug-likeness (QED) is 0.382. The van der Waals surface area contributed by atoms with E-state index in [1.807, 2.05) is 54.6 Å². The van der Waals surface area contributed by atoms with E-state index >= 15 is 0 Å². The summed E-state index contributed by atoms with van der Waals surface area (Å²) in [7, 11) is 1.37. The fourth-order valence-corrected chi connectivity index (χ4v) is 3.19. The van der Waals surface area contributed by atoms with Crippen molar-refractivity contribution in [3.05, 3.63) is 77.3 Å². The Kier molecular flexibility index (Phi) is 4.19. The molecule has 5 heteroatoms. The van der Waals surface area contributed by atoms with E-state index in [0.717, 1.165) is 27.4 Å². The smallest absolute Gasteiger partial charge is 0.337 e.